The van der Waals surface area contributed by atoms with Gasteiger partial charge in [0.1, 0.15) is 6.67 Å². The van der Waals surface area contributed by atoms with Gasteiger partial charge in [-0.3, -0.25) is 9.80 Å². The summed E-state index contributed by atoms with van der Waals surface area (Å²) < 4.78 is 0. The Labute approximate surface area is 109 Å². The summed E-state index contributed by atoms with van der Waals surface area (Å²) in [6.45, 7) is 25.9. The van der Waals surface area contributed by atoms with Crippen LogP contribution in [0.15, 0.2) is 0 Å². The van der Waals surface area contributed by atoms with Crippen LogP contribution in [0.2, 0.25) is 0 Å². The van der Waals surface area contributed by atoms with Gasteiger partial charge < -0.3 is 0 Å². The topological polar surface area (TPSA) is 6.48 Å². The van der Waals surface area contributed by atoms with Crippen LogP contribution in [0, 0.1) is 6.67 Å². The summed E-state index contributed by atoms with van der Waals surface area (Å²) in [5.41, 5.74) is 0.167. The van der Waals surface area contributed by atoms with Gasteiger partial charge in [-0.05, 0) is 69.2 Å². The minimum atomic E-state index is 0.0836. The summed E-state index contributed by atoms with van der Waals surface area (Å²) in [5, 5.41) is 0. The maximum absolute atomic E-state index is 3.60. The lowest BCUT2D eigenvalue weighted by Gasteiger charge is -2.48. The van der Waals surface area contributed by atoms with Crippen molar-refractivity contribution in [2.45, 2.75) is 92.4 Å². The maximum Gasteiger partial charge on any atom is 0.147 e. The molecular weight excluding hydrogens is 208 g/mol. The van der Waals surface area contributed by atoms with Gasteiger partial charge in [-0.2, -0.15) is 0 Å². The van der Waals surface area contributed by atoms with Gasteiger partial charge in [-0.25, -0.2) is 0 Å². The van der Waals surface area contributed by atoms with E-state index >= 15 is 0 Å². The number of hydrogen-bond acceptors (Lipinski definition) is 2. The van der Waals surface area contributed by atoms with E-state index in [0.29, 0.717) is 12.1 Å². The van der Waals surface area contributed by atoms with Gasteiger partial charge in [-0.1, -0.05) is 0 Å². The van der Waals surface area contributed by atoms with Crippen molar-refractivity contribution in [3.63, 3.8) is 0 Å². The van der Waals surface area contributed by atoms with Crippen LogP contribution in [0.1, 0.15) is 69.2 Å². The summed E-state index contributed by atoms with van der Waals surface area (Å²) >= 11 is 0. The Morgan fingerprint density at radius 2 is 1.00 bits per heavy atom. The van der Waals surface area contributed by atoms with Crippen molar-refractivity contribution in [2.24, 2.45) is 0 Å². The monoisotopic (exact) mass is 240 g/mol. The smallest absolute Gasteiger partial charge is 0.147 e. The summed E-state index contributed by atoms with van der Waals surface area (Å²) in [7, 11) is 0. The molecule has 0 amide bonds. The van der Waals surface area contributed by atoms with E-state index in [9.17, 15) is 0 Å². The molecule has 0 saturated heterocycles. The second kappa shape index (κ2) is 5.71. The van der Waals surface area contributed by atoms with Crippen LogP contribution in [0.5, 0.6) is 0 Å². The van der Waals surface area contributed by atoms with Crippen LogP contribution >= 0.6 is 0 Å². The van der Waals surface area contributed by atoms with Crippen molar-refractivity contribution in [1.82, 2.24) is 9.80 Å². The lowest BCUT2D eigenvalue weighted by molar-refractivity contribution is 0.0123. The van der Waals surface area contributed by atoms with Crippen LogP contribution in [-0.2, 0) is 0 Å². The molecule has 0 fully saturated rings. The van der Waals surface area contributed by atoms with Gasteiger partial charge in [0.25, 0.3) is 0 Å². The zero-order valence-corrected chi connectivity index (χ0v) is 13.5. The largest absolute Gasteiger partial charge is 0.275 e. The van der Waals surface area contributed by atoms with E-state index < -0.39 is 0 Å². The molecule has 0 aromatic heterocycles. The van der Waals surface area contributed by atoms with Crippen LogP contribution in [0.4, 0.5) is 0 Å². The van der Waals surface area contributed by atoms with Crippen LogP contribution < -0.4 is 0 Å². The highest BCUT2D eigenvalue weighted by molar-refractivity contribution is 4.93. The molecule has 0 N–H and O–H groups in total. The second-order valence-electron chi connectivity index (χ2n) is 7.37. The van der Waals surface area contributed by atoms with Crippen LogP contribution in [-0.4, -0.2) is 33.0 Å². The summed E-state index contributed by atoms with van der Waals surface area (Å²) in [6.07, 6.45) is 0. The van der Waals surface area contributed by atoms with Crippen LogP contribution in [0.3, 0.4) is 0 Å². The second-order valence-corrected chi connectivity index (χ2v) is 7.37. The fourth-order valence-electron chi connectivity index (χ4n) is 2.25. The molecule has 0 aromatic rings. The molecule has 0 spiro atoms. The molecular formula is C15H32N2. The first-order valence-electron chi connectivity index (χ1n) is 6.72. The minimum absolute atomic E-state index is 0.0836. The predicted octanol–water partition coefficient (Wildman–Crippen LogP) is 4.00. The highest BCUT2D eigenvalue weighted by Gasteiger charge is 2.34. The molecule has 0 unspecified atom stereocenters. The maximum atomic E-state index is 3.60. The average Bonchev–Trinajstić information content (AvgIpc) is 1.96. The molecule has 0 aromatic carbocycles. The molecule has 0 atom stereocenters. The van der Waals surface area contributed by atoms with Crippen molar-refractivity contribution in [1.29, 1.82) is 0 Å². The summed E-state index contributed by atoms with van der Waals surface area (Å²) in [6, 6.07) is 0.949. The first kappa shape index (κ1) is 16.9. The summed E-state index contributed by atoms with van der Waals surface area (Å²) in [4.78, 5) is 4.64. The Morgan fingerprint density at radius 3 is 1.18 bits per heavy atom. The molecule has 0 saturated carbocycles. The fraction of sp³-hybridized carbons (Fsp3) is 0.933. The molecule has 102 valence electrons. The number of nitrogens with zero attached hydrogens (tertiary/aromatic N) is 2. The lowest BCUT2D eigenvalue weighted by atomic mass is 9.96. The standard InChI is InChI=1S/C15H32N2/c1-12(2)16(13(3)4)11-17(14(5,6)7)15(8,9)10/h12-13H,1-10H3. The van der Waals surface area contributed by atoms with E-state index in [1.54, 1.807) is 0 Å². The molecule has 0 aliphatic heterocycles. The summed E-state index contributed by atoms with van der Waals surface area (Å²) in [5.74, 6) is 0. The van der Waals surface area contributed by atoms with E-state index in [2.05, 4.69) is 85.7 Å². The molecule has 0 aliphatic carbocycles. The first-order chi connectivity index (χ1) is 7.37. The van der Waals surface area contributed by atoms with Crippen molar-refractivity contribution in [3.8, 4) is 0 Å². The lowest BCUT2D eigenvalue weighted by Crippen LogP contribution is -2.55. The normalized spacial score (nSPS) is 14.5. The molecule has 2 heteroatoms. The van der Waals surface area contributed by atoms with Crippen molar-refractivity contribution < 1.29 is 0 Å². The Morgan fingerprint density at radius 1 is 0.706 bits per heavy atom. The van der Waals surface area contributed by atoms with Gasteiger partial charge >= 0.3 is 0 Å². The molecule has 0 rings (SSSR count). The Hall–Kier alpha value is -0.0800. The van der Waals surface area contributed by atoms with Gasteiger partial charge in [0.15, 0.2) is 0 Å². The van der Waals surface area contributed by atoms with E-state index in [0.717, 1.165) is 0 Å². The number of rotatable bonds is 4. The predicted molar refractivity (Wildman–Crippen MR) is 76.7 cm³/mol. The van der Waals surface area contributed by atoms with Gasteiger partial charge in [-0.15, -0.1) is 0 Å². The van der Waals surface area contributed by atoms with Gasteiger partial charge in [0, 0.05) is 23.2 Å². The Bertz CT molecular complexity index is 196. The Balaban J connectivity index is 4.99. The first-order valence-corrected chi connectivity index (χ1v) is 6.72. The third-order valence-corrected chi connectivity index (χ3v) is 2.67. The van der Waals surface area contributed by atoms with E-state index in [1.807, 2.05) is 0 Å². The van der Waals surface area contributed by atoms with E-state index in [1.165, 1.54) is 0 Å². The highest BCUT2D eigenvalue weighted by atomic mass is 15.4. The van der Waals surface area contributed by atoms with Crippen LogP contribution in [0.25, 0.3) is 0 Å². The molecule has 0 heterocycles. The zero-order valence-electron chi connectivity index (χ0n) is 13.5. The Kier molecular flexibility index (Phi) is 5.68. The van der Waals surface area contributed by atoms with Crippen molar-refractivity contribution >= 4 is 0 Å². The third kappa shape index (κ3) is 5.39. The van der Waals surface area contributed by atoms with E-state index in [-0.39, 0.29) is 11.1 Å². The third-order valence-electron chi connectivity index (χ3n) is 2.67. The molecule has 17 heavy (non-hydrogen) atoms. The highest BCUT2D eigenvalue weighted by Crippen LogP contribution is 2.28. The zero-order chi connectivity index (χ0) is 14.0. The fourth-order valence-corrected chi connectivity index (χ4v) is 2.25. The quantitative estimate of drug-likeness (QED) is 0.685. The van der Waals surface area contributed by atoms with Gasteiger partial charge in [0.05, 0.1) is 0 Å². The molecule has 2 nitrogen and oxygen atoms in total. The van der Waals surface area contributed by atoms with Gasteiger partial charge in [0.2, 0.25) is 0 Å². The van der Waals surface area contributed by atoms with Crippen molar-refractivity contribution in [2.75, 3.05) is 0 Å². The number of hydrogen-bond donors (Lipinski definition) is 0. The molecule has 2 radical (unpaired) electrons. The van der Waals surface area contributed by atoms with Crippen molar-refractivity contribution in [3.05, 3.63) is 6.67 Å². The molecule has 0 aliphatic rings. The van der Waals surface area contributed by atoms with E-state index in [4.69, 9.17) is 0 Å². The minimum Gasteiger partial charge on any atom is -0.275 e. The average molecular weight is 240 g/mol. The molecule has 0 bridgehead atoms. The SMILES string of the molecule is CC(C)N([C]N(C(C)(C)C)C(C)(C)C)C(C)C.